The number of aromatic nitrogens is 1. The molecule has 164 valence electrons. The van der Waals surface area contributed by atoms with Gasteiger partial charge in [0.25, 0.3) is 0 Å². The predicted octanol–water partition coefficient (Wildman–Crippen LogP) is 3.62. The zero-order chi connectivity index (χ0) is 19.1. The molecule has 2 atom stereocenters. The summed E-state index contributed by atoms with van der Waals surface area (Å²) in [7, 11) is 0. The number of rotatable bonds is 8. The minimum Gasteiger partial charge on any atom is -0.390 e. The third-order valence-corrected chi connectivity index (χ3v) is 4.53. The molecule has 3 aromatic rings. The lowest BCUT2D eigenvalue weighted by Gasteiger charge is -2.24. The Morgan fingerprint density at radius 2 is 1.47 bits per heavy atom. The largest absolute Gasteiger partial charge is 0.390 e. The van der Waals surface area contributed by atoms with Gasteiger partial charge in [-0.3, -0.25) is 10.8 Å². The van der Waals surface area contributed by atoms with Gasteiger partial charge in [-0.05, 0) is 29.7 Å². The molecule has 3 rings (SSSR count). The van der Waals surface area contributed by atoms with Crippen molar-refractivity contribution in [1.29, 1.82) is 0 Å². The number of benzene rings is 2. The highest BCUT2D eigenvalue weighted by molar-refractivity contribution is 5.86. The van der Waals surface area contributed by atoms with Gasteiger partial charge in [0.1, 0.15) is 0 Å². The fourth-order valence-electron chi connectivity index (χ4n) is 3.01. The molecule has 0 spiro atoms. The van der Waals surface area contributed by atoms with Crippen LogP contribution in [0.4, 0.5) is 0 Å². The third-order valence-electron chi connectivity index (χ3n) is 4.53. The smallest absolute Gasteiger partial charge is 0.0835 e. The van der Waals surface area contributed by atoms with Gasteiger partial charge in [0, 0.05) is 30.9 Å². The summed E-state index contributed by atoms with van der Waals surface area (Å²) < 4.78 is 0. The number of aliphatic hydroxyl groups is 1. The summed E-state index contributed by atoms with van der Waals surface area (Å²) in [4.78, 5) is 4.35. The van der Waals surface area contributed by atoms with Crippen LogP contribution in [0.2, 0.25) is 0 Å². The molecule has 0 radical (unpaired) electrons. The van der Waals surface area contributed by atoms with Gasteiger partial charge in [0.05, 0.1) is 11.8 Å². The molecule has 5 N–H and O–H groups in total. The van der Waals surface area contributed by atoms with Crippen molar-refractivity contribution in [2.75, 3.05) is 6.54 Å². The monoisotopic (exact) mass is 470 g/mol. The molecule has 0 aliphatic heterocycles. The Morgan fingerprint density at radius 1 is 0.833 bits per heavy atom. The number of hydrogen-bond acceptors (Lipinski definition) is 5. The normalized spacial score (nSPS) is 12.1. The van der Waals surface area contributed by atoms with Gasteiger partial charge in [0.2, 0.25) is 0 Å². The highest BCUT2D eigenvalue weighted by atomic mass is 35.5. The van der Waals surface area contributed by atoms with E-state index < -0.39 is 6.10 Å². The molecular formula is C22H29Cl3N4O. The van der Waals surface area contributed by atoms with Crippen LogP contribution in [0, 0.1) is 0 Å². The van der Waals surface area contributed by atoms with Crippen molar-refractivity contribution in [2.45, 2.75) is 25.1 Å². The van der Waals surface area contributed by atoms with Crippen LogP contribution in [0.1, 0.15) is 11.1 Å². The molecule has 0 aliphatic rings. The summed E-state index contributed by atoms with van der Waals surface area (Å²) in [5.74, 6) is 6.09. The first-order valence-corrected chi connectivity index (χ1v) is 9.09. The maximum atomic E-state index is 10.4. The average Bonchev–Trinajstić information content (AvgIpc) is 2.70. The minimum atomic E-state index is -0.692. The van der Waals surface area contributed by atoms with E-state index in [9.17, 15) is 5.11 Å². The van der Waals surface area contributed by atoms with Crippen molar-refractivity contribution < 1.29 is 5.11 Å². The van der Waals surface area contributed by atoms with Crippen LogP contribution in [0.5, 0.6) is 0 Å². The number of halogens is 3. The standard InChI is InChI=1S/C22H26N4O.3ClH/c23-20(14-17-6-2-1-3-7-17)22(27)16-26(24)15-18-9-11-19(12-10-18)21-8-4-5-13-25-21;;;/h1-13,20,22,27H,14-16,23-24H2;3*1H/t20-,22-;;;/m0.../s1. The first-order chi connectivity index (χ1) is 13.1. The first kappa shape index (κ1) is 28.3. The molecule has 0 amide bonds. The van der Waals surface area contributed by atoms with E-state index in [-0.39, 0.29) is 43.3 Å². The van der Waals surface area contributed by atoms with Gasteiger partial charge >= 0.3 is 0 Å². The minimum absolute atomic E-state index is 0. The predicted molar refractivity (Wildman–Crippen MR) is 130 cm³/mol. The fourth-order valence-corrected chi connectivity index (χ4v) is 3.01. The lowest BCUT2D eigenvalue weighted by Crippen LogP contribution is -2.46. The summed E-state index contributed by atoms with van der Waals surface area (Å²) in [5.41, 5.74) is 10.3. The van der Waals surface area contributed by atoms with Crippen molar-refractivity contribution in [2.24, 2.45) is 11.6 Å². The Hall–Kier alpha value is -1.70. The molecule has 0 fully saturated rings. The number of hydrazine groups is 1. The van der Waals surface area contributed by atoms with Crippen LogP contribution < -0.4 is 11.6 Å². The van der Waals surface area contributed by atoms with Crippen LogP contribution in [0.25, 0.3) is 11.3 Å². The van der Waals surface area contributed by atoms with Crippen molar-refractivity contribution in [3.05, 3.63) is 90.1 Å². The van der Waals surface area contributed by atoms with Crippen molar-refractivity contribution in [1.82, 2.24) is 9.99 Å². The molecule has 5 nitrogen and oxygen atoms in total. The molecule has 1 heterocycles. The molecule has 0 saturated carbocycles. The number of pyridine rings is 1. The van der Waals surface area contributed by atoms with Crippen molar-refractivity contribution >= 4 is 37.2 Å². The average molecular weight is 472 g/mol. The van der Waals surface area contributed by atoms with E-state index in [0.717, 1.165) is 22.4 Å². The maximum absolute atomic E-state index is 10.4. The second-order valence-electron chi connectivity index (χ2n) is 6.76. The summed E-state index contributed by atoms with van der Waals surface area (Å²) in [6.07, 6.45) is 1.71. The summed E-state index contributed by atoms with van der Waals surface area (Å²) >= 11 is 0. The highest BCUT2D eigenvalue weighted by Gasteiger charge is 2.17. The number of nitrogens with two attached hydrogens (primary N) is 2. The molecule has 30 heavy (non-hydrogen) atoms. The quantitative estimate of drug-likeness (QED) is 0.345. The van der Waals surface area contributed by atoms with E-state index in [0.29, 0.717) is 19.5 Å². The topological polar surface area (TPSA) is 88.4 Å². The second kappa shape index (κ2) is 14.3. The SMILES string of the molecule is Cl.Cl.Cl.N[C@@H](Cc1ccccc1)[C@@H](O)CN(N)Cc1ccc(-c2ccccn2)cc1. The van der Waals surface area contributed by atoms with Gasteiger partial charge in [-0.15, -0.1) is 37.2 Å². The lowest BCUT2D eigenvalue weighted by molar-refractivity contribution is 0.0877. The third kappa shape index (κ3) is 8.58. The highest BCUT2D eigenvalue weighted by Crippen LogP contribution is 2.17. The maximum Gasteiger partial charge on any atom is 0.0835 e. The Labute approximate surface area is 196 Å². The van der Waals surface area contributed by atoms with Crippen molar-refractivity contribution in [3.63, 3.8) is 0 Å². The molecule has 0 unspecified atom stereocenters. The zero-order valence-corrected chi connectivity index (χ0v) is 19.0. The fraction of sp³-hybridized carbons (Fsp3) is 0.227. The molecule has 2 aromatic carbocycles. The van der Waals surface area contributed by atoms with Crippen LogP contribution in [-0.4, -0.2) is 33.8 Å². The van der Waals surface area contributed by atoms with Gasteiger partial charge in [-0.25, -0.2) is 5.01 Å². The van der Waals surface area contributed by atoms with E-state index in [4.69, 9.17) is 11.6 Å². The van der Waals surface area contributed by atoms with E-state index in [1.807, 2.05) is 72.8 Å². The number of nitrogens with zero attached hydrogens (tertiary/aromatic N) is 2. The molecule has 1 aromatic heterocycles. The Kier molecular flexibility index (Phi) is 13.5. The Morgan fingerprint density at radius 3 is 2.07 bits per heavy atom. The van der Waals surface area contributed by atoms with Gasteiger partial charge < -0.3 is 10.8 Å². The van der Waals surface area contributed by atoms with Crippen molar-refractivity contribution in [3.8, 4) is 11.3 Å². The Balaban J connectivity index is 0.00000280. The molecule has 8 heteroatoms. The molecule has 0 saturated heterocycles. The van der Waals surface area contributed by atoms with E-state index in [2.05, 4.69) is 4.98 Å². The van der Waals surface area contributed by atoms with Gasteiger partial charge in [-0.2, -0.15) is 0 Å². The lowest BCUT2D eigenvalue weighted by atomic mass is 10.0. The van der Waals surface area contributed by atoms with Crippen LogP contribution in [0.3, 0.4) is 0 Å². The van der Waals surface area contributed by atoms with Crippen LogP contribution in [0.15, 0.2) is 79.0 Å². The van der Waals surface area contributed by atoms with E-state index in [1.54, 1.807) is 11.2 Å². The molecule has 0 bridgehead atoms. The summed E-state index contributed by atoms with van der Waals surface area (Å²) in [6.45, 7) is 0.855. The van der Waals surface area contributed by atoms with Gasteiger partial charge in [-0.1, -0.05) is 60.7 Å². The van der Waals surface area contributed by atoms with Crippen LogP contribution in [-0.2, 0) is 13.0 Å². The summed E-state index contributed by atoms with van der Waals surface area (Å²) in [6, 6.07) is 23.5. The van der Waals surface area contributed by atoms with Gasteiger partial charge in [0.15, 0.2) is 0 Å². The second-order valence-corrected chi connectivity index (χ2v) is 6.76. The first-order valence-electron chi connectivity index (χ1n) is 9.09. The van der Waals surface area contributed by atoms with E-state index in [1.165, 1.54) is 0 Å². The Bertz CT molecular complexity index is 823. The zero-order valence-electron chi connectivity index (χ0n) is 16.5. The summed E-state index contributed by atoms with van der Waals surface area (Å²) in [5, 5.41) is 12.0. The van der Waals surface area contributed by atoms with E-state index >= 15 is 0 Å². The number of aliphatic hydroxyl groups excluding tert-OH is 1. The number of hydrogen-bond donors (Lipinski definition) is 3. The molecule has 0 aliphatic carbocycles. The molecular weight excluding hydrogens is 443 g/mol. The van der Waals surface area contributed by atoms with Crippen LogP contribution >= 0.6 is 37.2 Å².